The molecule has 0 bridgehead atoms. The summed E-state index contributed by atoms with van der Waals surface area (Å²) in [6, 6.07) is 5.60. The van der Waals surface area contributed by atoms with Gasteiger partial charge in [0.15, 0.2) is 17.4 Å². The lowest BCUT2D eigenvalue weighted by molar-refractivity contribution is -0.141. The Morgan fingerprint density at radius 2 is 2.09 bits per heavy atom. The Morgan fingerprint density at radius 3 is 2.69 bits per heavy atom. The molecule has 32 heavy (non-hydrogen) atoms. The number of benzene rings is 1. The first-order chi connectivity index (χ1) is 15.4. The van der Waals surface area contributed by atoms with Crippen LogP contribution in [0, 0.1) is 17.7 Å². The van der Waals surface area contributed by atoms with E-state index < -0.39 is 5.97 Å². The maximum atomic E-state index is 14.6. The molecule has 1 aromatic heterocycles. The minimum Gasteiger partial charge on any atom is -0.490 e. The number of ether oxygens (including phenoxy) is 1. The molecule has 1 atom stereocenters. The smallest absolute Gasteiger partial charge is 0.324 e. The van der Waals surface area contributed by atoms with Crippen LogP contribution in [0.25, 0.3) is 5.57 Å². The number of carboxylic acid groups (broad SMARTS) is 1. The minimum atomic E-state index is -0.765. The number of aliphatic carboxylic acids is 1. The SMILES string of the molecule is CC(C)c1noc(N2CCC(COc3ccc(C4=CCC(C(=O)O)CC4)cc3F)CC2)n1. The highest BCUT2D eigenvalue weighted by Gasteiger charge is 2.25. The summed E-state index contributed by atoms with van der Waals surface area (Å²) >= 11 is 0. The van der Waals surface area contributed by atoms with Crippen LogP contribution in [-0.4, -0.2) is 40.9 Å². The van der Waals surface area contributed by atoms with Crippen LogP contribution in [0.3, 0.4) is 0 Å². The first kappa shape index (κ1) is 22.3. The van der Waals surface area contributed by atoms with Gasteiger partial charge in [-0.3, -0.25) is 4.79 Å². The largest absolute Gasteiger partial charge is 0.490 e. The number of anilines is 1. The molecule has 1 aromatic carbocycles. The third-order valence-corrected chi connectivity index (χ3v) is 6.37. The van der Waals surface area contributed by atoms with Crippen LogP contribution in [0.15, 0.2) is 28.8 Å². The Hall–Kier alpha value is -2.90. The quantitative estimate of drug-likeness (QED) is 0.651. The topological polar surface area (TPSA) is 88.7 Å². The summed E-state index contributed by atoms with van der Waals surface area (Å²) in [5.74, 6) is 0.0635. The second kappa shape index (κ2) is 9.71. The summed E-state index contributed by atoms with van der Waals surface area (Å²) in [4.78, 5) is 17.6. The van der Waals surface area contributed by atoms with Gasteiger partial charge in [0.25, 0.3) is 0 Å². The highest BCUT2D eigenvalue weighted by atomic mass is 19.1. The Bertz CT molecular complexity index is 979. The van der Waals surface area contributed by atoms with Gasteiger partial charge in [0.2, 0.25) is 0 Å². The molecule has 4 rings (SSSR count). The number of hydrogen-bond acceptors (Lipinski definition) is 6. The fourth-order valence-electron chi connectivity index (χ4n) is 4.23. The minimum absolute atomic E-state index is 0.232. The number of carbonyl (C=O) groups is 1. The van der Waals surface area contributed by atoms with E-state index in [-0.39, 0.29) is 23.4 Å². The highest BCUT2D eigenvalue weighted by molar-refractivity contribution is 5.74. The van der Waals surface area contributed by atoms with Crippen molar-refractivity contribution < 1.29 is 23.6 Å². The average Bonchev–Trinajstić information content (AvgIpc) is 3.29. The molecule has 0 spiro atoms. The van der Waals surface area contributed by atoms with Crippen molar-refractivity contribution in [3.8, 4) is 5.75 Å². The molecule has 172 valence electrons. The highest BCUT2D eigenvalue weighted by Crippen LogP contribution is 2.32. The van der Waals surface area contributed by atoms with E-state index in [0.717, 1.165) is 42.9 Å². The van der Waals surface area contributed by atoms with E-state index in [4.69, 9.17) is 14.4 Å². The van der Waals surface area contributed by atoms with Gasteiger partial charge in [-0.05, 0) is 61.3 Å². The van der Waals surface area contributed by atoms with E-state index in [9.17, 15) is 9.18 Å². The Kier molecular flexibility index (Phi) is 6.77. The van der Waals surface area contributed by atoms with Gasteiger partial charge in [-0.25, -0.2) is 4.39 Å². The van der Waals surface area contributed by atoms with E-state index in [2.05, 4.69) is 15.0 Å². The van der Waals surface area contributed by atoms with Gasteiger partial charge in [-0.15, -0.1) is 0 Å². The number of halogens is 1. The van der Waals surface area contributed by atoms with Gasteiger partial charge in [0, 0.05) is 19.0 Å². The Morgan fingerprint density at radius 1 is 1.31 bits per heavy atom. The molecule has 7 nitrogen and oxygen atoms in total. The average molecular weight is 444 g/mol. The molecule has 1 unspecified atom stereocenters. The van der Waals surface area contributed by atoms with E-state index in [1.165, 1.54) is 6.07 Å². The van der Waals surface area contributed by atoms with Crippen LogP contribution >= 0.6 is 0 Å². The predicted molar refractivity (Wildman–Crippen MR) is 118 cm³/mol. The van der Waals surface area contributed by atoms with Crippen LogP contribution < -0.4 is 9.64 Å². The molecule has 0 radical (unpaired) electrons. The zero-order valence-corrected chi connectivity index (χ0v) is 18.6. The zero-order chi connectivity index (χ0) is 22.7. The first-order valence-electron chi connectivity index (χ1n) is 11.3. The molecular weight excluding hydrogens is 413 g/mol. The molecule has 1 N–H and O–H groups in total. The van der Waals surface area contributed by atoms with Crippen LogP contribution in [0.1, 0.15) is 63.3 Å². The summed E-state index contributed by atoms with van der Waals surface area (Å²) in [6.07, 6.45) is 5.47. The lowest BCUT2D eigenvalue weighted by atomic mass is 9.86. The summed E-state index contributed by atoms with van der Waals surface area (Å²) in [5, 5.41) is 13.1. The maximum absolute atomic E-state index is 14.6. The molecule has 1 saturated heterocycles. The number of rotatable bonds is 7. The van der Waals surface area contributed by atoms with Crippen LogP contribution in [-0.2, 0) is 4.79 Å². The van der Waals surface area contributed by atoms with Gasteiger partial charge in [-0.2, -0.15) is 4.98 Å². The molecule has 8 heteroatoms. The van der Waals surface area contributed by atoms with Crippen molar-refractivity contribution >= 4 is 17.6 Å². The van der Waals surface area contributed by atoms with E-state index in [0.29, 0.717) is 37.8 Å². The van der Waals surface area contributed by atoms with Gasteiger partial charge in [0.05, 0.1) is 12.5 Å². The van der Waals surface area contributed by atoms with Crippen molar-refractivity contribution in [2.45, 2.75) is 51.9 Å². The third kappa shape index (κ3) is 5.11. The fraction of sp³-hybridized carbons (Fsp3) is 0.542. The lowest BCUT2D eigenvalue weighted by Gasteiger charge is -2.30. The molecule has 2 aliphatic rings. The molecular formula is C24H30FN3O4. The summed E-state index contributed by atoms with van der Waals surface area (Å²) in [7, 11) is 0. The normalized spacial score (nSPS) is 19.8. The number of nitrogens with zero attached hydrogens (tertiary/aromatic N) is 3. The van der Waals surface area contributed by atoms with E-state index in [1.807, 2.05) is 26.0 Å². The van der Waals surface area contributed by atoms with E-state index in [1.54, 1.807) is 6.07 Å². The van der Waals surface area contributed by atoms with Crippen LogP contribution in [0.2, 0.25) is 0 Å². The molecule has 1 aliphatic carbocycles. The second-order valence-electron chi connectivity index (χ2n) is 9.02. The van der Waals surface area contributed by atoms with Crippen molar-refractivity contribution in [3.63, 3.8) is 0 Å². The molecule has 0 amide bonds. The van der Waals surface area contributed by atoms with Crippen LogP contribution in [0.4, 0.5) is 10.4 Å². The third-order valence-electron chi connectivity index (χ3n) is 6.37. The van der Waals surface area contributed by atoms with E-state index >= 15 is 0 Å². The number of piperidine rings is 1. The van der Waals surface area contributed by atoms with Gasteiger partial charge in [0.1, 0.15) is 0 Å². The predicted octanol–water partition coefficient (Wildman–Crippen LogP) is 4.90. The molecule has 1 aliphatic heterocycles. The van der Waals surface area contributed by atoms with Crippen molar-refractivity contribution in [2.75, 3.05) is 24.6 Å². The lowest BCUT2D eigenvalue weighted by Crippen LogP contribution is -2.35. The van der Waals surface area contributed by atoms with Crippen molar-refractivity contribution in [2.24, 2.45) is 11.8 Å². The summed E-state index contributed by atoms with van der Waals surface area (Å²) < 4.78 is 25.8. The van der Waals surface area contributed by atoms with Gasteiger partial charge < -0.3 is 19.3 Å². The zero-order valence-electron chi connectivity index (χ0n) is 18.6. The summed E-state index contributed by atoms with van der Waals surface area (Å²) in [5.41, 5.74) is 1.80. The van der Waals surface area contributed by atoms with Crippen molar-refractivity contribution in [1.29, 1.82) is 0 Å². The van der Waals surface area contributed by atoms with Crippen molar-refractivity contribution in [3.05, 3.63) is 41.5 Å². The van der Waals surface area contributed by atoms with Crippen LogP contribution in [0.5, 0.6) is 5.75 Å². The molecule has 2 aromatic rings. The number of carboxylic acids is 1. The molecule has 2 heterocycles. The van der Waals surface area contributed by atoms with Crippen molar-refractivity contribution in [1.82, 2.24) is 10.1 Å². The number of aromatic nitrogens is 2. The second-order valence-corrected chi connectivity index (χ2v) is 9.02. The Labute approximate surface area is 187 Å². The Balaban J connectivity index is 1.28. The maximum Gasteiger partial charge on any atom is 0.324 e. The first-order valence-corrected chi connectivity index (χ1v) is 11.3. The molecule has 0 saturated carbocycles. The van der Waals surface area contributed by atoms with Gasteiger partial charge in [-0.1, -0.05) is 31.1 Å². The molecule has 1 fully saturated rings. The number of hydrogen-bond donors (Lipinski definition) is 1. The summed E-state index contributed by atoms with van der Waals surface area (Å²) in [6.45, 7) is 6.14. The fourth-order valence-corrected chi connectivity index (χ4v) is 4.23. The van der Waals surface area contributed by atoms with Gasteiger partial charge >= 0.3 is 12.0 Å². The standard InChI is InChI=1S/C24H30FN3O4/c1-15(2)22-26-24(32-27-22)28-11-9-16(10-12-28)14-31-21-8-7-19(13-20(21)25)17-3-5-18(6-4-17)23(29)30/h3,7-8,13,15-16,18H,4-6,9-12,14H2,1-2H3,(H,29,30). The number of allylic oxidation sites excluding steroid dienone is 2. The monoisotopic (exact) mass is 443 g/mol.